The lowest BCUT2D eigenvalue weighted by Gasteiger charge is -2.35. The van der Waals surface area contributed by atoms with Gasteiger partial charge in [0.15, 0.2) is 0 Å². The minimum atomic E-state index is -3.16. The van der Waals surface area contributed by atoms with E-state index in [2.05, 4.69) is 0 Å². The van der Waals surface area contributed by atoms with Crippen molar-refractivity contribution < 1.29 is 23.1 Å². The number of carbonyl (C=O) groups excluding carboxylic acids is 1. The van der Waals surface area contributed by atoms with Gasteiger partial charge in [-0.1, -0.05) is 24.3 Å². The molecule has 1 saturated carbocycles. The van der Waals surface area contributed by atoms with Gasteiger partial charge in [0.25, 0.3) is 0 Å². The molecule has 1 unspecified atom stereocenters. The van der Waals surface area contributed by atoms with Gasteiger partial charge in [-0.05, 0) is 29.4 Å². The molecule has 24 heavy (non-hydrogen) atoms. The summed E-state index contributed by atoms with van der Waals surface area (Å²) in [6.45, 7) is 0.265. The van der Waals surface area contributed by atoms with Gasteiger partial charge in [-0.2, -0.15) is 0 Å². The van der Waals surface area contributed by atoms with Crippen LogP contribution in [0.2, 0.25) is 0 Å². The van der Waals surface area contributed by atoms with Crippen molar-refractivity contribution in [2.45, 2.75) is 38.3 Å². The quantitative estimate of drug-likeness (QED) is 0.862. The van der Waals surface area contributed by atoms with Crippen LogP contribution >= 0.6 is 0 Å². The Labute approximate surface area is 141 Å². The fraction of sp³-hybridized carbons (Fsp3) is 0.529. The van der Waals surface area contributed by atoms with Crippen LogP contribution in [0.1, 0.15) is 30.4 Å². The lowest BCUT2D eigenvalue weighted by Crippen LogP contribution is -2.49. The van der Waals surface area contributed by atoms with E-state index in [0.717, 1.165) is 11.1 Å². The Morgan fingerprint density at radius 2 is 1.88 bits per heavy atom. The van der Waals surface area contributed by atoms with Crippen LogP contribution in [0.4, 0.5) is 0 Å². The van der Waals surface area contributed by atoms with Crippen molar-refractivity contribution in [3.63, 3.8) is 0 Å². The summed E-state index contributed by atoms with van der Waals surface area (Å²) in [4.78, 5) is 25.7. The Kier molecular flexibility index (Phi) is 4.15. The molecule has 2 aliphatic rings. The predicted octanol–water partition coefficient (Wildman–Crippen LogP) is 1.24. The molecule has 1 aromatic rings. The first-order valence-corrected chi connectivity index (χ1v) is 10.0. The van der Waals surface area contributed by atoms with Crippen molar-refractivity contribution in [1.82, 2.24) is 4.90 Å². The fourth-order valence-corrected chi connectivity index (χ4v) is 5.04. The Bertz CT molecular complexity index is 782. The Hall–Kier alpha value is -1.89. The topological polar surface area (TPSA) is 91.8 Å². The van der Waals surface area contributed by atoms with Crippen molar-refractivity contribution in [2.75, 3.05) is 12.0 Å². The van der Waals surface area contributed by atoms with Crippen LogP contribution in [0.3, 0.4) is 0 Å². The molecule has 1 fully saturated rings. The van der Waals surface area contributed by atoms with Crippen LogP contribution < -0.4 is 0 Å². The zero-order valence-corrected chi connectivity index (χ0v) is 14.4. The average molecular weight is 351 g/mol. The van der Waals surface area contributed by atoms with E-state index in [0.29, 0.717) is 12.8 Å². The first-order chi connectivity index (χ1) is 11.2. The largest absolute Gasteiger partial charge is 0.480 e. The molecule has 1 aliphatic carbocycles. The molecular weight excluding hydrogens is 330 g/mol. The van der Waals surface area contributed by atoms with E-state index in [-0.39, 0.29) is 31.0 Å². The van der Waals surface area contributed by atoms with Crippen molar-refractivity contribution in [2.24, 2.45) is 5.41 Å². The molecular formula is C17H21NO5S. The number of carboxylic acids is 1. The molecule has 7 heteroatoms. The molecule has 1 aromatic carbocycles. The van der Waals surface area contributed by atoms with Crippen molar-refractivity contribution in [3.05, 3.63) is 35.4 Å². The monoisotopic (exact) mass is 351 g/mol. The Morgan fingerprint density at radius 1 is 1.25 bits per heavy atom. The van der Waals surface area contributed by atoms with Gasteiger partial charge in [-0.15, -0.1) is 0 Å². The zero-order valence-electron chi connectivity index (χ0n) is 13.6. The van der Waals surface area contributed by atoms with Crippen LogP contribution in [0.15, 0.2) is 24.3 Å². The van der Waals surface area contributed by atoms with Gasteiger partial charge < -0.3 is 10.0 Å². The molecule has 1 atom stereocenters. The normalized spacial score (nSPS) is 21.9. The number of sulfone groups is 1. The van der Waals surface area contributed by atoms with E-state index in [4.69, 9.17) is 0 Å². The van der Waals surface area contributed by atoms with Crippen LogP contribution in [0.25, 0.3) is 0 Å². The van der Waals surface area contributed by atoms with Gasteiger partial charge >= 0.3 is 5.97 Å². The van der Waals surface area contributed by atoms with Crippen LogP contribution in [0, 0.1) is 5.41 Å². The number of carboxylic acid groups (broad SMARTS) is 1. The van der Waals surface area contributed by atoms with E-state index < -0.39 is 27.3 Å². The van der Waals surface area contributed by atoms with Crippen molar-refractivity contribution in [1.29, 1.82) is 0 Å². The maximum absolute atomic E-state index is 12.7. The molecule has 1 heterocycles. The smallest absolute Gasteiger partial charge is 0.326 e. The van der Waals surface area contributed by atoms with E-state index in [1.807, 2.05) is 24.3 Å². The van der Waals surface area contributed by atoms with Gasteiger partial charge in [-0.25, -0.2) is 13.2 Å². The molecule has 3 rings (SSSR count). The highest BCUT2D eigenvalue weighted by atomic mass is 32.2. The number of nitrogens with zero attached hydrogens (tertiary/aromatic N) is 1. The molecule has 6 nitrogen and oxygen atoms in total. The standard InChI is InChI=1S/C17H21NO5S/c1-24(22,23)11-17(6-7-17)9-15(19)18-10-13-5-3-2-4-12(13)8-14(18)16(20)21/h2-5,14H,6-11H2,1H3,(H,20,21). The minimum absolute atomic E-state index is 0.00605. The Balaban J connectivity index is 1.79. The Morgan fingerprint density at radius 3 is 2.42 bits per heavy atom. The van der Waals surface area contributed by atoms with E-state index >= 15 is 0 Å². The summed E-state index contributed by atoms with van der Waals surface area (Å²) in [5.41, 5.74) is 1.41. The van der Waals surface area contributed by atoms with E-state index in [1.165, 1.54) is 11.2 Å². The summed E-state index contributed by atoms with van der Waals surface area (Å²) < 4.78 is 23.1. The molecule has 1 aliphatic heterocycles. The highest BCUT2D eigenvalue weighted by molar-refractivity contribution is 7.90. The summed E-state index contributed by atoms with van der Waals surface area (Å²) in [7, 11) is -3.16. The third kappa shape index (κ3) is 3.61. The lowest BCUT2D eigenvalue weighted by atomic mass is 9.92. The van der Waals surface area contributed by atoms with E-state index in [9.17, 15) is 23.1 Å². The number of hydrogen-bond acceptors (Lipinski definition) is 4. The van der Waals surface area contributed by atoms with Crippen LogP contribution in [-0.4, -0.2) is 48.4 Å². The lowest BCUT2D eigenvalue weighted by molar-refractivity contribution is -0.151. The third-order valence-electron chi connectivity index (χ3n) is 4.91. The predicted molar refractivity (Wildman–Crippen MR) is 88.1 cm³/mol. The molecule has 0 radical (unpaired) electrons. The summed E-state index contributed by atoms with van der Waals surface area (Å²) in [5, 5.41) is 9.49. The molecule has 0 aromatic heterocycles. The fourth-order valence-electron chi connectivity index (χ4n) is 3.53. The number of aliphatic carboxylic acids is 1. The second kappa shape index (κ2) is 5.88. The highest BCUT2D eigenvalue weighted by Gasteiger charge is 2.48. The third-order valence-corrected chi connectivity index (χ3v) is 6.04. The first kappa shape index (κ1) is 17.0. The van der Waals surface area contributed by atoms with Gasteiger partial charge in [0, 0.05) is 25.6 Å². The second-order valence-corrected chi connectivity index (χ2v) is 9.24. The SMILES string of the molecule is CS(=O)(=O)CC1(CC(=O)N2Cc3ccccc3CC2C(=O)O)CC1. The van der Waals surface area contributed by atoms with Gasteiger partial charge in [0.05, 0.1) is 5.75 Å². The van der Waals surface area contributed by atoms with E-state index in [1.54, 1.807) is 0 Å². The first-order valence-electron chi connectivity index (χ1n) is 7.96. The van der Waals surface area contributed by atoms with Crippen molar-refractivity contribution in [3.8, 4) is 0 Å². The second-order valence-electron chi connectivity index (χ2n) is 7.10. The summed E-state index contributed by atoms with van der Waals surface area (Å²) in [6, 6.07) is 6.63. The van der Waals surface area contributed by atoms with Crippen molar-refractivity contribution >= 4 is 21.7 Å². The van der Waals surface area contributed by atoms with Gasteiger partial charge in [0.1, 0.15) is 15.9 Å². The summed E-state index contributed by atoms with van der Waals surface area (Å²) in [5.74, 6) is -1.29. The maximum atomic E-state index is 12.7. The number of hydrogen-bond donors (Lipinski definition) is 1. The summed E-state index contributed by atoms with van der Waals surface area (Å²) >= 11 is 0. The average Bonchev–Trinajstić information content (AvgIpc) is 3.22. The number of amides is 1. The molecule has 0 spiro atoms. The highest BCUT2D eigenvalue weighted by Crippen LogP contribution is 2.50. The molecule has 130 valence electrons. The van der Waals surface area contributed by atoms with Crippen LogP contribution in [-0.2, 0) is 32.4 Å². The number of rotatable bonds is 5. The summed E-state index contributed by atoms with van der Waals surface area (Å²) in [6.07, 6.45) is 2.97. The van der Waals surface area contributed by atoms with Gasteiger partial charge in [-0.3, -0.25) is 4.79 Å². The maximum Gasteiger partial charge on any atom is 0.326 e. The number of carbonyl (C=O) groups is 2. The molecule has 0 saturated heterocycles. The molecule has 0 bridgehead atoms. The number of fused-ring (bicyclic) bond motifs is 1. The zero-order chi connectivity index (χ0) is 17.5. The minimum Gasteiger partial charge on any atom is -0.480 e. The molecule has 1 amide bonds. The van der Waals surface area contributed by atoms with Crippen LogP contribution in [0.5, 0.6) is 0 Å². The number of benzene rings is 1. The van der Waals surface area contributed by atoms with Gasteiger partial charge in [0.2, 0.25) is 5.91 Å². The molecule has 1 N–H and O–H groups in total.